The maximum atomic E-state index is 12.0. The Hall–Kier alpha value is -1.01. The van der Waals surface area contributed by atoms with Crippen molar-refractivity contribution in [3.63, 3.8) is 0 Å². The third-order valence-electron chi connectivity index (χ3n) is 3.40. The molecule has 1 heterocycles. The fraction of sp³-hybridized carbons (Fsp3) is 0.533. The lowest BCUT2D eigenvalue weighted by Crippen LogP contribution is -2.43. The molecule has 0 unspecified atom stereocenters. The highest BCUT2D eigenvalue weighted by Gasteiger charge is 2.16. The van der Waals surface area contributed by atoms with Crippen molar-refractivity contribution >= 4 is 29.1 Å². The molecule has 2 rings (SSSR count). The largest absolute Gasteiger partial charge is 0.479 e. The standard InChI is InChI=1S/C15H20Cl2N2O3/c1-11(22-14-3-2-12(16)10-13(14)17)15(20)18-4-5-19-6-8-21-9-7-19/h2-3,10-11H,4-9H2,1H3,(H,18,20)/t11-/m1/s1. The molecule has 7 heteroatoms. The summed E-state index contributed by atoms with van der Waals surface area (Å²) in [6.45, 7) is 6.40. The monoisotopic (exact) mass is 346 g/mol. The van der Waals surface area contributed by atoms with Crippen LogP contribution in [0.15, 0.2) is 18.2 Å². The van der Waals surface area contributed by atoms with Gasteiger partial charge < -0.3 is 14.8 Å². The molecule has 1 aromatic carbocycles. The molecule has 1 aliphatic rings. The van der Waals surface area contributed by atoms with E-state index in [2.05, 4.69) is 10.2 Å². The van der Waals surface area contributed by atoms with Crippen molar-refractivity contribution in [3.05, 3.63) is 28.2 Å². The lowest BCUT2D eigenvalue weighted by Gasteiger charge is -2.26. The Morgan fingerprint density at radius 3 is 2.82 bits per heavy atom. The molecular formula is C15H20Cl2N2O3. The van der Waals surface area contributed by atoms with E-state index < -0.39 is 6.10 Å². The van der Waals surface area contributed by atoms with Gasteiger partial charge in [-0.05, 0) is 25.1 Å². The molecule has 1 amide bonds. The van der Waals surface area contributed by atoms with Crippen LogP contribution in [0.2, 0.25) is 10.0 Å². The van der Waals surface area contributed by atoms with E-state index in [-0.39, 0.29) is 5.91 Å². The van der Waals surface area contributed by atoms with Gasteiger partial charge in [-0.1, -0.05) is 23.2 Å². The Morgan fingerprint density at radius 2 is 2.14 bits per heavy atom. The van der Waals surface area contributed by atoms with E-state index in [9.17, 15) is 4.79 Å². The highest BCUT2D eigenvalue weighted by Crippen LogP contribution is 2.28. The molecule has 1 aliphatic heterocycles. The molecule has 5 nitrogen and oxygen atoms in total. The van der Waals surface area contributed by atoms with E-state index >= 15 is 0 Å². The number of amides is 1. The average molecular weight is 347 g/mol. The Bertz CT molecular complexity index is 508. The zero-order valence-electron chi connectivity index (χ0n) is 12.5. The van der Waals surface area contributed by atoms with Crippen molar-refractivity contribution in [1.82, 2.24) is 10.2 Å². The van der Waals surface area contributed by atoms with Crippen LogP contribution in [0, 0.1) is 0 Å². The smallest absolute Gasteiger partial charge is 0.260 e. The number of hydrogen-bond acceptors (Lipinski definition) is 4. The number of carbonyl (C=O) groups excluding carboxylic acids is 1. The summed E-state index contributed by atoms with van der Waals surface area (Å²) in [6.07, 6.45) is -0.622. The number of benzene rings is 1. The fourth-order valence-electron chi connectivity index (χ4n) is 2.12. The summed E-state index contributed by atoms with van der Waals surface area (Å²) in [6, 6.07) is 4.91. The zero-order chi connectivity index (χ0) is 15.9. The van der Waals surface area contributed by atoms with E-state index in [0.717, 1.165) is 32.8 Å². The van der Waals surface area contributed by atoms with E-state index in [0.29, 0.717) is 22.3 Å². The molecule has 122 valence electrons. The van der Waals surface area contributed by atoms with Gasteiger partial charge in [0.15, 0.2) is 6.10 Å². The number of morpholine rings is 1. The van der Waals surface area contributed by atoms with Crippen LogP contribution in [0.25, 0.3) is 0 Å². The minimum atomic E-state index is -0.622. The van der Waals surface area contributed by atoms with E-state index in [1.807, 2.05) is 0 Å². The quantitative estimate of drug-likeness (QED) is 0.857. The minimum Gasteiger partial charge on any atom is -0.479 e. The first-order valence-electron chi connectivity index (χ1n) is 7.26. The first kappa shape index (κ1) is 17.3. The molecule has 0 saturated carbocycles. The molecule has 0 radical (unpaired) electrons. The predicted molar refractivity (Wildman–Crippen MR) is 86.8 cm³/mol. The second-order valence-corrected chi connectivity index (χ2v) is 5.92. The third-order valence-corrected chi connectivity index (χ3v) is 3.93. The normalized spacial score (nSPS) is 17.0. The van der Waals surface area contributed by atoms with Crippen molar-refractivity contribution in [2.24, 2.45) is 0 Å². The molecule has 0 spiro atoms. The first-order chi connectivity index (χ1) is 10.6. The van der Waals surface area contributed by atoms with Crippen molar-refractivity contribution in [3.8, 4) is 5.75 Å². The van der Waals surface area contributed by atoms with Crippen LogP contribution in [-0.4, -0.2) is 56.3 Å². The molecule has 0 aliphatic carbocycles. The Morgan fingerprint density at radius 1 is 1.41 bits per heavy atom. The average Bonchev–Trinajstić information content (AvgIpc) is 2.51. The molecule has 1 fully saturated rings. The summed E-state index contributed by atoms with van der Waals surface area (Å²) in [7, 11) is 0. The van der Waals surface area contributed by atoms with Crippen LogP contribution in [-0.2, 0) is 9.53 Å². The van der Waals surface area contributed by atoms with E-state index in [1.54, 1.807) is 25.1 Å². The molecule has 0 bridgehead atoms. The number of carbonyl (C=O) groups is 1. The first-order valence-corrected chi connectivity index (χ1v) is 8.01. The molecule has 1 aromatic rings. The molecule has 0 aromatic heterocycles. The lowest BCUT2D eigenvalue weighted by atomic mass is 10.3. The van der Waals surface area contributed by atoms with Gasteiger partial charge in [-0.25, -0.2) is 0 Å². The van der Waals surface area contributed by atoms with Gasteiger partial charge in [0.25, 0.3) is 5.91 Å². The van der Waals surface area contributed by atoms with Crippen molar-refractivity contribution in [2.45, 2.75) is 13.0 Å². The number of hydrogen-bond donors (Lipinski definition) is 1. The van der Waals surface area contributed by atoms with Gasteiger partial charge in [0.05, 0.1) is 18.2 Å². The van der Waals surface area contributed by atoms with Crippen molar-refractivity contribution in [2.75, 3.05) is 39.4 Å². The summed E-state index contributed by atoms with van der Waals surface area (Å²) in [5, 5.41) is 3.78. The van der Waals surface area contributed by atoms with Crippen LogP contribution in [0.1, 0.15) is 6.92 Å². The maximum Gasteiger partial charge on any atom is 0.260 e. The highest BCUT2D eigenvalue weighted by atomic mass is 35.5. The fourth-order valence-corrected chi connectivity index (χ4v) is 2.57. The number of nitrogens with zero attached hydrogens (tertiary/aromatic N) is 1. The molecule has 1 atom stereocenters. The zero-order valence-corrected chi connectivity index (χ0v) is 14.0. The Kier molecular flexibility index (Phi) is 6.76. The van der Waals surface area contributed by atoms with Crippen molar-refractivity contribution in [1.29, 1.82) is 0 Å². The summed E-state index contributed by atoms with van der Waals surface area (Å²) in [4.78, 5) is 14.3. The van der Waals surface area contributed by atoms with Crippen molar-refractivity contribution < 1.29 is 14.3 Å². The lowest BCUT2D eigenvalue weighted by molar-refractivity contribution is -0.127. The van der Waals surface area contributed by atoms with Gasteiger partial charge in [-0.15, -0.1) is 0 Å². The number of ether oxygens (including phenoxy) is 2. The van der Waals surface area contributed by atoms with E-state index in [1.165, 1.54) is 0 Å². The molecule has 22 heavy (non-hydrogen) atoms. The Balaban J connectivity index is 1.74. The SMILES string of the molecule is C[C@@H](Oc1ccc(Cl)cc1Cl)C(=O)NCCN1CCOCC1. The molecule has 1 saturated heterocycles. The van der Waals surface area contributed by atoms with E-state index in [4.69, 9.17) is 32.7 Å². The maximum absolute atomic E-state index is 12.0. The summed E-state index contributed by atoms with van der Waals surface area (Å²) in [5.74, 6) is 0.279. The van der Waals surface area contributed by atoms with Crippen LogP contribution >= 0.6 is 23.2 Å². The number of halogens is 2. The van der Waals surface area contributed by atoms with Gasteiger partial charge in [-0.3, -0.25) is 9.69 Å². The summed E-state index contributed by atoms with van der Waals surface area (Å²) >= 11 is 11.9. The second-order valence-electron chi connectivity index (χ2n) is 5.08. The molecular weight excluding hydrogens is 327 g/mol. The van der Waals surface area contributed by atoms with Gasteiger partial charge in [-0.2, -0.15) is 0 Å². The Labute approximate surface area is 140 Å². The molecule has 1 N–H and O–H groups in total. The van der Waals surface area contributed by atoms with Gasteiger partial charge >= 0.3 is 0 Å². The predicted octanol–water partition coefficient (Wildman–Crippen LogP) is 2.21. The van der Waals surface area contributed by atoms with Gasteiger partial charge in [0.1, 0.15) is 5.75 Å². The van der Waals surface area contributed by atoms with Crippen LogP contribution in [0.3, 0.4) is 0 Å². The van der Waals surface area contributed by atoms with Crippen LogP contribution < -0.4 is 10.1 Å². The third kappa shape index (κ3) is 5.32. The van der Waals surface area contributed by atoms with Crippen LogP contribution in [0.5, 0.6) is 5.75 Å². The van der Waals surface area contributed by atoms with Gasteiger partial charge in [0.2, 0.25) is 0 Å². The minimum absolute atomic E-state index is 0.167. The summed E-state index contributed by atoms with van der Waals surface area (Å²) < 4.78 is 10.8. The number of nitrogens with one attached hydrogen (secondary N) is 1. The van der Waals surface area contributed by atoms with Crippen LogP contribution in [0.4, 0.5) is 0 Å². The second kappa shape index (κ2) is 8.58. The summed E-state index contributed by atoms with van der Waals surface area (Å²) in [5.41, 5.74) is 0. The number of rotatable bonds is 6. The van der Waals surface area contributed by atoms with Gasteiger partial charge in [0, 0.05) is 31.2 Å². The highest BCUT2D eigenvalue weighted by molar-refractivity contribution is 6.35. The topological polar surface area (TPSA) is 50.8 Å².